The van der Waals surface area contributed by atoms with Crippen molar-refractivity contribution in [3.63, 3.8) is 0 Å². The van der Waals surface area contributed by atoms with E-state index in [1.54, 1.807) is 12.5 Å². The Bertz CT molecular complexity index is 777. The Balaban J connectivity index is 1.81. The van der Waals surface area contributed by atoms with Crippen molar-refractivity contribution in [3.8, 4) is 0 Å². The summed E-state index contributed by atoms with van der Waals surface area (Å²) in [6.07, 6.45) is 5.32. The Labute approximate surface area is 121 Å². The molecule has 0 bridgehead atoms. The van der Waals surface area contributed by atoms with Crippen LogP contribution in [0.5, 0.6) is 0 Å². The molecule has 1 fully saturated rings. The molecule has 110 valence electrons. The Hall–Kier alpha value is -1.95. The van der Waals surface area contributed by atoms with Crippen molar-refractivity contribution in [2.45, 2.75) is 25.6 Å². The number of alkyl halides is 1. The fraction of sp³-hybridized carbons (Fsp3) is 0.467. The van der Waals surface area contributed by atoms with Crippen LogP contribution in [0, 0.1) is 0 Å². The first-order valence-electron chi connectivity index (χ1n) is 7.43. The highest BCUT2D eigenvalue weighted by molar-refractivity contribution is 6.00. The Morgan fingerprint density at radius 3 is 3.14 bits per heavy atom. The maximum Gasteiger partial charge on any atom is 0.139 e. The monoisotopic (exact) mass is 287 g/mol. The third-order valence-corrected chi connectivity index (χ3v) is 4.51. The van der Waals surface area contributed by atoms with Crippen LogP contribution in [0.15, 0.2) is 24.8 Å². The van der Waals surface area contributed by atoms with Crippen molar-refractivity contribution in [2.24, 2.45) is 0 Å². The van der Waals surface area contributed by atoms with E-state index in [0.29, 0.717) is 6.54 Å². The zero-order valence-electron chi connectivity index (χ0n) is 12.0. The number of H-pyrrole nitrogens is 1. The van der Waals surface area contributed by atoms with Crippen LogP contribution in [-0.4, -0.2) is 50.2 Å². The van der Waals surface area contributed by atoms with E-state index in [-0.39, 0.29) is 6.04 Å². The van der Waals surface area contributed by atoms with Crippen LogP contribution in [-0.2, 0) is 0 Å². The number of rotatable bonds is 2. The van der Waals surface area contributed by atoms with E-state index in [0.717, 1.165) is 41.6 Å². The molecular formula is C15H18FN5. The maximum absolute atomic E-state index is 14.6. The molecule has 1 saturated heterocycles. The Morgan fingerprint density at radius 2 is 2.33 bits per heavy atom. The van der Waals surface area contributed by atoms with Gasteiger partial charge in [-0.1, -0.05) is 6.92 Å². The number of nitrogens with zero attached hydrogens (tertiary/aromatic N) is 4. The average Bonchev–Trinajstić information content (AvgIpc) is 3.12. The second-order valence-corrected chi connectivity index (χ2v) is 5.65. The molecule has 6 heteroatoms. The van der Waals surface area contributed by atoms with Crippen LogP contribution in [0.2, 0.25) is 0 Å². The van der Waals surface area contributed by atoms with Gasteiger partial charge in [-0.15, -0.1) is 0 Å². The standard InChI is InChI=1S/C15H18FN5/c1-2-20-6-4-13(11(16)8-20)21-9-19-12-7-18-15-10(14(12)21)3-5-17-15/h3,5,7,9,11,13H,2,4,6,8H2,1H3,(H,17,18)/t11-,13+/m0/s1. The summed E-state index contributed by atoms with van der Waals surface area (Å²) < 4.78 is 16.6. The second kappa shape index (κ2) is 4.80. The minimum absolute atomic E-state index is 0.140. The van der Waals surface area contributed by atoms with Crippen molar-refractivity contribution >= 4 is 22.1 Å². The summed E-state index contributed by atoms with van der Waals surface area (Å²) in [6.45, 7) is 4.42. The first-order valence-corrected chi connectivity index (χ1v) is 7.43. The highest BCUT2D eigenvalue weighted by Crippen LogP contribution is 2.31. The molecule has 3 aromatic rings. The molecule has 1 aliphatic rings. The molecule has 0 saturated carbocycles. The van der Waals surface area contributed by atoms with E-state index < -0.39 is 6.17 Å². The number of hydrogen-bond acceptors (Lipinski definition) is 3. The Morgan fingerprint density at radius 1 is 1.43 bits per heavy atom. The van der Waals surface area contributed by atoms with Crippen molar-refractivity contribution < 1.29 is 4.39 Å². The quantitative estimate of drug-likeness (QED) is 0.788. The number of nitrogens with one attached hydrogen (secondary N) is 1. The van der Waals surface area contributed by atoms with E-state index in [9.17, 15) is 4.39 Å². The first kappa shape index (κ1) is 12.8. The topological polar surface area (TPSA) is 49.7 Å². The van der Waals surface area contributed by atoms with E-state index in [4.69, 9.17) is 0 Å². The molecule has 21 heavy (non-hydrogen) atoms. The van der Waals surface area contributed by atoms with Crippen LogP contribution < -0.4 is 0 Å². The van der Waals surface area contributed by atoms with Crippen LogP contribution in [0.1, 0.15) is 19.4 Å². The van der Waals surface area contributed by atoms with Crippen LogP contribution in [0.25, 0.3) is 22.1 Å². The molecule has 0 aromatic carbocycles. The zero-order chi connectivity index (χ0) is 14.4. The summed E-state index contributed by atoms with van der Waals surface area (Å²) >= 11 is 0. The molecule has 1 aliphatic heterocycles. The normalized spacial score (nSPS) is 24.1. The van der Waals surface area contributed by atoms with E-state index in [1.807, 2.05) is 16.8 Å². The molecule has 4 heterocycles. The number of pyridine rings is 1. The summed E-state index contributed by atoms with van der Waals surface area (Å²) in [5.41, 5.74) is 2.64. The molecule has 0 spiro atoms. The van der Waals surface area contributed by atoms with E-state index in [1.165, 1.54) is 0 Å². The fourth-order valence-electron chi connectivity index (χ4n) is 3.34. The zero-order valence-corrected chi connectivity index (χ0v) is 12.0. The third kappa shape index (κ3) is 1.93. The first-order chi connectivity index (χ1) is 10.3. The van der Waals surface area contributed by atoms with Gasteiger partial charge in [0.05, 0.1) is 24.1 Å². The van der Waals surface area contributed by atoms with Crippen LogP contribution in [0.4, 0.5) is 4.39 Å². The van der Waals surface area contributed by atoms with Gasteiger partial charge in [0, 0.05) is 24.7 Å². The summed E-state index contributed by atoms with van der Waals surface area (Å²) in [7, 11) is 0. The van der Waals surface area contributed by atoms with Crippen molar-refractivity contribution in [1.29, 1.82) is 0 Å². The lowest BCUT2D eigenvalue weighted by Crippen LogP contribution is -2.42. The lowest BCUT2D eigenvalue weighted by Gasteiger charge is -2.34. The van der Waals surface area contributed by atoms with Gasteiger partial charge in [-0.05, 0) is 19.0 Å². The molecule has 5 nitrogen and oxygen atoms in total. The van der Waals surface area contributed by atoms with Crippen LogP contribution in [0.3, 0.4) is 0 Å². The van der Waals surface area contributed by atoms with Gasteiger partial charge in [0.1, 0.15) is 17.3 Å². The summed E-state index contributed by atoms with van der Waals surface area (Å²) in [5.74, 6) is 0. The number of imidazole rings is 1. The molecule has 0 unspecified atom stereocenters. The number of halogens is 1. The van der Waals surface area contributed by atoms with Crippen molar-refractivity contribution in [3.05, 3.63) is 24.8 Å². The second-order valence-electron chi connectivity index (χ2n) is 5.65. The van der Waals surface area contributed by atoms with E-state index >= 15 is 0 Å². The number of aromatic amines is 1. The minimum Gasteiger partial charge on any atom is -0.346 e. The molecular weight excluding hydrogens is 269 g/mol. The SMILES string of the molecule is CCN1CC[C@@H](n2cnc3cnc4[nH]ccc4c32)[C@@H](F)C1. The average molecular weight is 287 g/mol. The van der Waals surface area contributed by atoms with Gasteiger partial charge in [0.15, 0.2) is 0 Å². The molecule has 0 aliphatic carbocycles. The largest absolute Gasteiger partial charge is 0.346 e. The van der Waals surface area contributed by atoms with Crippen molar-refractivity contribution in [1.82, 2.24) is 24.4 Å². The van der Waals surface area contributed by atoms with Gasteiger partial charge in [-0.25, -0.2) is 14.4 Å². The van der Waals surface area contributed by atoms with Gasteiger partial charge < -0.3 is 14.5 Å². The maximum atomic E-state index is 14.6. The molecule has 0 amide bonds. The molecule has 1 N–H and O–H groups in total. The van der Waals surface area contributed by atoms with E-state index in [2.05, 4.69) is 26.8 Å². The smallest absolute Gasteiger partial charge is 0.139 e. The minimum atomic E-state index is -0.863. The highest BCUT2D eigenvalue weighted by Gasteiger charge is 2.31. The van der Waals surface area contributed by atoms with Gasteiger partial charge in [-0.2, -0.15) is 0 Å². The van der Waals surface area contributed by atoms with Gasteiger partial charge in [-0.3, -0.25) is 0 Å². The predicted octanol–water partition coefficient (Wildman–Crippen LogP) is 2.52. The fourth-order valence-corrected chi connectivity index (χ4v) is 3.34. The summed E-state index contributed by atoms with van der Waals surface area (Å²) in [6, 6.07) is 1.84. The molecule has 4 rings (SSSR count). The number of piperidine rings is 1. The Kier molecular flexibility index (Phi) is 2.92. The summed E-state index contributed by atoms with van der Waals surface area (Å²) in [5, 5.41) is 1.01. The van der Waals surface area contributed by atoms with Gasteiger partial charge in [0.2, 0.25) is 0 Å². The third-order valence-electron chi connectivity index (χ3n) is 4.51. The lowest BCUT2D eigenvalue weighted by atomic mass is 10.0. The predicted molar refractivity (Wildman–Crippen MR) is 80.0 cm³/mol. The summed E-state index contributed by atoms with van der Waals surface area (Å²) in [4.78, 5) is 14.0. The van der Waals surface area contributed by atoms with Gasteiger partial charge >= 0.3 is 0 Å². The number of fused-ring (bicyclic) bond motifs is 3. The van der Waals surface area contributed by atoms with Gasteiger partial charge in [0.25, 0.3) is 0 Å². The lowest BCUT2D eigenvalue weighted by molar-refractivity contribution is 0.0952. The molecule has 2 atom stereocenters. The highest BCUT2D eigenvalue weighted by atomic mass is 19.1. The number of hydrogen-bond donors (Lipinski definition) is 1. The van der Waals surface area contributed by atoms with Crippen LogP contribution >= 0.6 is 0 Å². The number of aromatic nitrogens is 4. The van der Waals surface area contributed by atoms with Crippen molar-refractivity contribution in [2.75, 3.05) is 19.6 Å². The molecule has 0 radical (unpaired) electrons. The number of likely N-dealkylation sites (tertiary alicyclic amines) is 1. The molecule has 3 aromatic heterocycles.